The monoisotopic (exact) mass is 180 g/mol. The number of hydrogen-bond acceptors (Lipinski definition) is 3. The van der Waals surface area contributed by atoms with Crippen LogP contribution in [0.4, 0.5) is 0 Å². The molecule has 13 heavy (non-hydrogen) atoms. The summed E-state index contributed by atoms with van der Waals surface area (Å²) in [5.74, 6) is -0.300. The minimum absolute atomic E-state index is 0.148. The highest BCUT2D eigenvalue weighted by Crippen LogP contribution is 2.24. The van der Waals surface area contributed by atoms with Crippen molar-refractivity contribution in [2.45, 2.75) is 25.9 Å². The van der Waals surface area contributed by atoms with Gasteiger partial charge in [0.25, 0.3) is 0 Å². The number of hydrogen-bond donors (Lipinski definition) is 0. The van der Waals surface area contributed by atoms with Crippen LogP contribution in [0.25, 0.3) is 0 Å². The van der Waals surface area contributed by atoms with Crippen LogP contribution in [0.5, 0.6) is 0 Å². The summed E-state index contributed by atoms with van der Waals surface area (Å²) in [6.45, 7) is 1.90. The molecule has 0 saturated heterocycles. The van der Waals surface area contributed by atoms with Gasteiger partial charge in [-0.1, -0.05) is 0 Å². The number of nitrogens with zero attached hydrogens (tertiary/aromatic N) is 2. The average Bonchev–Trinajstić information content (AvgIpc) is 2.81. The smallest absolute Gasteiger partial charge is 0.359 e. The van der Waals surface area contributed by atoms with Crippen molar-refractivity contribution < 1.29 is 9.53 Å². The van der Waals surface area contributed by atoms with E-state index >= 15 is 0 Å². The second kappa shape index (κ2) is 2.87. The molecule has 0 atom stereocenters. The van der Waals surface area contributed by atoms with Crippen molar-refractivity contribution in [1.82, 2.24) is 9.78 Å². The predicted molar refractivity (Wildman–Crippen MR) is 46.4 cm³/mol. The molecular weight excluding hydrogens is 168 g/mol. The summed E-state index contributed by atoms with van der Waals surface area (Å²) in [7, 11) is 1.81. The Morgan fingerprint density at radius 3 is 2.85 bits per heavy atom. The van der Waals surface area contributed by atoms with Crippen LogP contribution in [0.3, 0.4) is 0 Å². The molecule has 2 rings (SSSR count). The number of aromatic nitrogens is 2. The van der Waals surface area contributed by atoms with Crippen molar-refractivity contribution in [3.8, 4) is 0 Å². The Kier molecular flexibility index (Phi) is 1.83. The lowest BCUT2D eigenvalue weighted by Crippen LogP contribution is -2.07. The van der Waals surface area contributed by atoms with Crippen LogP contribution in [0.15, 0.2) is 6.07 Å². The number of aryl methyl sites for hydroxylation is 2. The van der Waals surface area contributed by atoms with Gasteiger partial charge in [-0.3, -0.25) is 4.68 Å². The molecule has 0 spiro atoms. The summed E-state index contributed by atoms with van der Waals surface area (Å²) in [5.41, 5.74) is 1.37. The first-order valence-corrected chi connectivity index (χ1v) is 4.38. The molecule has 1 aromatic heterocycles. The van der Waals surface area contributed by atoms with Gasteiger partial charge in [-0.05, 0) is 25.8 Å². The van der Waals surface area contributed by atoms with Crippen molar-refractivity contribution in [1.29, 1.82) is 0 Å². The van der Waals surface area contributed by atoms with Gasteiger partial charge in [0.05, 0.1) is 0 Å². The number of rotatable bonds is 2. The lowest BCUT2D eigenvalue weighted by atomic mass is 10.4. The molecule has 1 aliphatic rings. The Morgan fingerprint density at radius 1 is 1.69 bits per heavy atom. The number of carbonyl (C=O) groups is 1. The first kappa shape index (κ1) is 8.29. The molecule has 1 aliphatic carbocycles. The van der Waals surface area contributed by atoms with E-state index in [1.54, 1.807) is 10.7 Å². The quantitative estimate of drug-likeness (QED) is 0.639. The van der Waals surface area contributed by atoms with Gasteiger partial charge in [0.15, 0.2) is 5.69 Å². The van der Waals surface area contributed by atoms with E-state index in [0.29, 0.717) is 5.69 Å². The van der Waals surface area contributed by atoms with E-state index in [-0.39, 0.29) is 12.1 Å². The third kappa shape index (κ3) is 1.71. The van der Waals surface area contributed by atoms with Gasteiger partial charge in [0.1, 0.15) is 6.10 Å². The fraction of sp³-hybridized carbons (Fsp3) is 0.556. The van der Waals surface area contributed by atoms with Crippen molar-refractivity contribution in [3.05, 3.63) is 17.5 Å². The molecule has 1 heterocycles. The molecule has 1 aromatic rings. The normalized spacial score (nSPS) is 15.8. The Hall–Kier alpha value is -1.32. The highest BCUT2D eigenvalue weighted by molar-refractivity contribution is 5.87. The van der Waals surface area contributed by atoms with Crippen LogP contribution in [0, 0.1) is 6.92 Å². The first-order chi connectivity index (χ1) is 6.16. The summed E-state index contributed by atoms with van der Waals surface area (Å²) < 4.78 is 6.77. The lowest BCUT2D eigenvalue weighted by molar-refractivity contribution is 0.0464. The standard InChI is InChI=1S/C9H12N2O2/c1-6-5-8(10-11(6)2)9(12)13-7-3-4-7/h5,7H,3-4H2,1-2H3. The van der Waals surface area contributed by atoms with E-state index in [9.17, 15) is 4.79 Å². The van der Waals surface area contributed by atoms with E-state index in [1.807, 2.05) is 14.0 Å². The molecule has 1 saturated carbocycles. The summed E-state index contributed by atoms with van der Waals surface area (Å²) in [6.07, 6.45) is 2.14. The molecule has 0 amide bonds. The third-order valence-electron chi connectivity index (χ3n) is 2.12. The molecule has 70 valence electrons. The third-order valence-corrected chi connectivity index (χ3v) is 2.12. The number of esters is 1. The van der Waals surface area contributed by atoms with Gasteiger partial charge in [0.2, 0.25) is 0 Å². The van der Waals surface area contributed by atoms with Crippen LogP contribution < -0.4 is 0 Å². The Bertz CT molecular complexity index is 320. The van der Waals surface area contributed by atoms with Crippen molar-refractivity contribution in [2.75, 3.05) is 0 Å². The van der Waals surface area contributed by atoms with Gasteiger partial charge in [0, 0.05) is 12.7 Å². The van der Waals surface area contributed by atoms with Crippen LogP contribution in [0.2, 0.25) is 0 Å². The maximum atomic E-state index is 11.4. The Balaban J connectivity index is 2.09. The second-order valence-electron chi connectivity index (χ2n) is 3.40. The average molecular weight is 180 g/mol. The van der Waals surface area contributed by atoms with Gasteiger partial charge in [-0.2, -0.15) is 5.10 Å². The minimum atomic E-state index is -0.300. The van der Waals surface area contributed by atoms with E-state index in [2.05, 4.69) is 5.10 Å². The van der Waals surface area contributed by atoms with Gasteiger partial charge >= 0.3 is 5.97 Å². The van der Waals surface area contributed by atoms with E-state index in [0.717, 1.165) is 18.5 Å². The topological polar surface area (TPSA) is 44.1 Å². The SMILES string of the molecule is Cc1cc(C(=O)OC2CC2)nn1C. The molecule has 0 radical (unpaired) electrons. The van der Waals surface area contributed by atoms with Crippen LogP contribution >= 0.6 is 0 Å². The molecule has 0 bridgehead atoms. The minimum Gasteiger partial charge on any atom is -0.458 e. The molecule has 0 aromatic carbocycles. The van der Waals surface area contributed by atoms with Crippen molar-refractivity contribution in [3.63, 3.8) is 0 Å². The summed E-state index contributed by atoms with van der Waals surface area (Å²) in [5, 5.41) is 4.03. The van der Waals surface area contributed by atoms with Crippen LogP contribution in [-0.4, -0.2) is 21.9 Å². The predicted octanol–water partition coefficient (Wildman–Crippen LogP) is 1.05. The zero-order valence-electron chi connectivity index (χ0n) is 7.78. The highest BCUT2D eigenvalue weighted by Gasteiger charge is 2.27. The van der Waals surface area contributed by atoms with Gasteiger partial charge < -0.3 is 4.74 Å². The van der Waals surface area contributed by atoms with E-state index < -0.39 is 0 Å². The fourth-order valence-corrected chi connectivity index (χ4v) is 1.06. The maximum absolute atomic E-state index is 11.4. The molecule has 0 aliphatic heterocycles. The Morgan fingerprint density at radius 2 is 2.38 bits per heavy atom. The molecular formula is C9H12N2O2. The zero-order chi connectivity index (χ0) is 9.42. The summed E-state index contributed by atoms with van der Waals surface area (Å²) in [4.78, 5) is 11.4. The number of carbonyl (C=O) groups excluding carboxylic acids is 1. The molecule has 0 N–H and O–H groups in total. The maximum Gasteiger partial charge on any atom is 0.359 e. The zero-order valence-corrected chi connectivity index (χ0v) is 7.78. The molecule has 1 fully saturated rings. The highest BCUT2D eigenvalue weighted by atomic mass is 16.5. The van der Waals surface area contributed by atoms with Gasteiger partial charge in [-0.25, -0.2) is 4.79 Å². The van der Waals surface area contributed by atoms with Crippen molar-refractivity contribution >= 4 is 5.97 Å². The first-order valence-electron chi connectivity index (χ1n) is 4.38. The second-order valence-corrected chi connectivity index (χ2v) is 3.40. The molecule has 0 unspecified atom stereocenters. The largest absolute Gasteiger partial charge is 0.458 e. The Labute approximate surface area is 76.5 Å². The molecule has 4 heteroatoms. The number of ether oxygens (including phenoxy) is 1. The van der Waals surface area contributed by atoms with Crippen molar-refractivity contribution in [2.24, 2.45) is 7.05 Å². The summed E-state index contributed by atoms with van der Waals surface area (Å²) >= 11 is 0. The van der Waals surface area contributed by atoms with E-state index in [1.165, 1.54) is 0 Å². The van der Waals surface area contributed by atoms with Crippen LogP contribution in [-0.2, 0) is 11.8 Å². The van der Waals surface area contributed by atoms with E-state index in [4.69, 9.17) is 4.74 Å². The fourth-order valence-electron chi connectivity index (χ4n) is 1.06. The van der Waals surface area contributed by atoms with Crippen LogP contribution in [0.1, 0.15) is 29.0 Å². The van der Waals surface area contributed by atoms with Gasteiger partial charge in [-0.15, -0.1) is 0 Å². The molecule has 4 nitrogen and oxygen atoms in total. The summed E-state index contributed by atoms with van der Waals surface area (Å²) in [6, 6.07) is 1.74. The lowest BCUT2D eigenvalue weighted by Gasteiger charge is -1.97.